The van der Waals surface area contributed by atoms with Gasteiger partial charge >= 0.3 is 0 Å². The lowest BCUT2D eigenvalue weighted by atomic mass is 10.0. The van der Waals surface area contributed by atoms with Crippen LogP contribution in [-0.2, 0) is 11.2 Å². The van der Waals surface area contributed by atoms with Crippen LogP contribution in [0.1, 0.15) is 42.4 Å². The molecule has 2 aliphatic carbocycles. The van der Waals surface area contributed by atoms with E-state index in [2.05, 4.69) is 30.9 Å². The lowest BCUT2D eigenvalue weighted by Crippen LogP contribution is -2.36. The molecule has 0 radical (unpaired) electrons. The summed E-state index contributed by atoms with van der Waals surface area (Å²) in [6.07, 6.45) is 7.20. The maximum absolute atomic E-state index is 12.7. The van der Waals surface area contributed by atoms with Gasteiger partial charge in [-0.1, -0.05) is 12.1 Å². The van der Waals surface area contributed by atoms with E-state index in [9.17, 15) is 4.79 Å². The Hall–Kier alpha value is -1.77. The molecular weight excluding hydrogens is 274 g/mol. The van der Waals surface area contributed by atoms with Crippen LogP contribution in [0.5, 0.6) is 0 Å². The highest BCUT2D eigenvalue weighted by atomic mass is 16.3. The van der Waals surface area contributed by atoms with Crippen molar-refractivity contribution in [1.29, 1.82) is 0 Å². The number of nitrogens with zero attached hydrogens (tertiary/aromatic N) is 1. The smallest absolute Gasteiger partial charge is 0.227 e. The summed E-state index contributed by atoms with van der Waals surface area (Å²) in [6, 6.07) is 4.71. The molecule has 3 nitrogen and oxygen atoms in total. The maximum atomic E-state index is 12.7. The van der Waals surface area contributed by atoms with Crippen molar-refractivity contribution in [3.05, 3.63) is 35.1 Å². The van der Waals surface area contributed by atoms with Gasteiger partial charge in [-0.3, -0.25) is 4.79 Å². The first-order valence-corrected chi connectivity index (χ1v) is 8.39. The molecule has 0 N–H and O–H groups in total. The molecule has 1 heterocycles. The van der Waals surface area contributed by atoms with E-state index in [0.29, 0.717) is 12.5 Å². The Labute approximate surface area is 131 Å². The second-order valence-corrected chi connectivity index (χ2v) is 7.04. The van der Waals surface area contributed by atoms with E-state index < -0.39 is 0 Å². The van der Waals surface area contributed by atoms with Gasteiger partial charge in [0.2, 0.25) is 5.91 Å². The summed E-state index contributed by atoms with van der Waals surface area (Å²) in [5.41, 5.74) is 4.37. The summed E-state index contributed by atoms with van der Waals surface area (Å²) in [4.78, 5) is 14.9. The molecule has 4 rings (SSSR count). The van der Waals surface area contributed by atoms with E-state index in [1.165, 1.54) is 36.8 Å². The van der Waals surface area contributed by atoms with Crippen molar-refractivity contribution in [2.75, 3.05) is 6.54 Å². The SMILES string of the molecule is Cc1ccc2c(CC(=O)N(CC3CC3)C3CC3)coc2c1C. The zero-order valence-corrected chi connectivity index (χ0v) is 13.4. The highest BCUT2D eigenvalue weighted by molar-refractivity contribution is 5.89. The molecule has 2 aliphatic rings. The third-order valence-electron chi connectivity index (χ3n) is 5.14. The fourth-order valence-corrected chi connectivity index (χ4v) is 3.21. The van der Waals surface area contributed by atoms with Crippen molar-refractivity contribution in [3.8, 4) is 0 Å². The van der Waals surface area contributed by atoms with Crippen LogP contribution in [0.2, 0.25) is 0 Å². The van der Waals surface area contributed by atoms with Gasteiger partial charge in [-0.2, -0.15) is 0 Å². The zero-order chi connectivity index (χ0) is 15.3. The number of hydrogen-bond donors (Lipinski definition) is 0. The van der Waals surface area contributed by atoms with Gasteiger partial charge < -0.3 is 9.32 Å². The topological polar surface area (TPSA) is 33.5 Å². The molecule has 1 amide bonds. The van der Waals surface area contributed by atoms with Gasteiger partial charge in [-0.25, -0.2) is 0 Å². The number of benzene rings is 1. The molecule has 1 aromatic carbocycles. The van der Waals surface area contributed by atoms with E-state index in [1.54, 1.807) is 6.26 Å². The number of carbonyl (C=O) groups is 1. The van der Waals surface area contributed by atoms with Crippen LogP contribution < -0.4 is 0 Å². The maximum Gasteiger partial charge on any atom is 0.227 e. The van der Waals surface area contributed by atoms with E-state index >= 15 is 0 Å². The molecule has 0 unspecified atom stereocenters. The van der Waals surface area contributed by atoms with Crippen molar-refractivity contribution >= 4 is 16.9 Å². The van der Waals surface area contributed by atoms with Gasteiger partial charge in [0.1, 0.15) is 5.58 Å². The third-order valence-corrected chi connectivity index (χ3v) is 5.14. The molecule has 1 aromatic heterocycles. The van der Waals surface area contributed by atoms with Gasteiger partial charge in [-0.05, 0) is 56.6 Å². The highest BCUT2D eigenvalue weighted by Gasteiger charge is 2.36. The van der Waals surface area contributed by atoms with Crippen LogP contribution in [0.25, 0.3) is 11.0 Å². The number of amides is 1. The van der Waals surface area contributed by atoms with Gasteiger partial charge in [0, 0.05) is 23.5 Å². The number of hydrogen-bond acceptors (Lipinski definition) is 2. The van der Waals surface area contributed by atoms with Crippen LogP contribution >= 0.6 is 0 Å². The molecule has 2 fully saturated rings. The molecular formula is C19H23NO2. The molecule has 0 saturated heterocycles. The van der Waals surface area contributed by atoms with E-state index in [4.69, 9.17) is 4.42 Å². The minimum atomic E-state index is 0.273. The average molecular weight is 297 g/mol. The van der Waals surface area contributed by atoms with Crippen LogP contribution in [-0.4, -0.2) is 23.4 Å². The van der Waals surface area contributed by atoms with Crippen molar-refractivity contribution in [3.63, 3.8) is 0 Å². The number of furan rings is 1. The van der Waals surface area contributed by atoms with Crippen LogP contribution in [0.3, 0.4) is 0 Å². The normalized spacial score (nSPS) is 17.9. The molecule has 2 saturated carbocycles. The predicted octanol–water partition coefficient (Wildman–Crippen LogP) is 3.99. The number of fused-ring (bicyclic) bond motifs is 1. The van der Waals surface area contributed by atoms with E-state index in [-0.39, 0.29) is 5.91 Å². The summed E-state index contributed by atoms with van der Waals surface area (Å²) in [5.74, 6) is 1.03. The molecule has 3 heteroatoms. The Morgan fingerprint density at radius 2 is 2.00 bits per heavy atom. The molecule has 116 valence electrons. The Morgan fingerprint density at radius 1 is 1.23 bits per heavy atom. The third kappa shape index (κ3) is 2.53. The fraction of sp³-hybridized carbons (Fsp3) is 0.526. The minimum Gasteiger partial charge on any atom is -0.464 e. The summed E-state index contributed by atoms with van der Waals surface area (Å²) in [7, 11) is 0. The first kappa shape index (κ1) is 13.9. The lowest BCUT2D eigenvalue weighted by Gasteiger charge is -2.22. The van der Waals surface area contributed by atoms with Crippen LogP contribution in [0, 0.1) is 19.8 Å². The second-order valence-electron chi connectivity index (χ2n) is 7.04. The molecule has 0 spiro atoms. The molecule has 2 aromatic rings. The van der Waals surface area contributed by atoms with Gasteiger partial charge in [0.15, 0.2) is 0 Å². The largest absolute Gasteiger partial charge is 0.464 e. The van der Waals surface area contributed by atoms with Crippen LogP contribution in [0.15, 0.2) is 22.8 Å². The van der Waals surface area contributed by atoms with Crippen LogP contribution in [0.4, 0.5) is 0 Å². The molecule has 22 heavy (non-hydrogen) atoms. The first-order valence-electron chi connectivity index (χ1n) is 8.39. The Kier molecular flexibility index (Phi) is 3.24. The number of carbonyl (C=O) groups excluding carboxylic acids is 1. The number of aryl methyl sites for hydroxylation is 2. The number of rotatable bonds is 5. The highest BCUT2D eigenvalue weighted by Crippen LogP contribution is 2.35. The van der Waals surface area contributed by atoms with Crippen molar-refractivity contribution in [1.82, 2.24) is 4.90 Å². The molecule has 0 atom stereocenters. The monoisotopic (exact) mass is 297 g/mol. The summed E-state index contributed by atoms with van der Waals surface area (Å²) >= 11 is 0. The lowest BCUT2D eigenvalue weighted by molar-refractivity contribution is -0.131. The minimum absolute atomic E-state index is 0.273. The Morgan fingerprint density at radius 3 is 2.68 bits per heavy atom. The van der Waals surface area contributed by atoms with Gasteiger partial charge in [0.05, 0.1) is 12.7 Å². The van der Waals surface area contributed by atoms with Gasteiger partial charge in [-0.15, -0.1) is 0 Å². The van der Waals surface area contributed by atoms with Crippen molar-refractivity contribution in [2.45, 2.75) is 52.0 Å². The zero-order valence-electron chi connectivity index (χ0n) is 13.4. The first-order chi connectivity index (χ1) is 10.6. The summed E-state index contributed by atoms with van der Waals surface area (Å²) in [5, 5.41) is 1.10. The van der Waals surface area contributed by atoms with Gasteiger partial charge in [0.25, 0.3) is 0 Å². The quantitative estimate of drug-likeness (QED) is 0.836. The standard InChI is InChI=1S/C19H23NO2/c1-12-3-8-17-15(11-22-19(17)13(12)2)9-18(21)20(16-6-7-16)10-14-4-5-14/h3,8,11,14,16H,4-7,9-10H2,1-2H3. The fourth-order valence-electron chi connectivity index (χ4n) is 3.21. The average Bonchev–Trinajstić information content (AvgIpc) is 3.40. The summed E-state index contributed by atoms with van der Waals surface area (Å²) in [6.45, 7) is 5.14. The van der Waals surface area contributed by atoms with E-state index in [0.717, 1.165) is 29.0 Å². The Balaban J connectivity index is 1.57. The van der Waals surface area contributed by atoms with E-state index in [1.807, 2.05) is 0 Å². The second kappa shape index (κ2) is 5.15. The van der Waals surface area contributed by atoms with Crippen molar-refractivity contribution in [2.24, 2.45) is 5.92 Å². The predicted molar refractivity (Wildman–Crippen MR) is 86.9 cm³/mol. The molecule has 0 bridgehead atoms. The molecule has 0 aliphatic heterocycles. The van der Waals surface area contributed by atoms with Crippen molar-refractivity contribution < 1.29 is 9.21 Å². The Bertz CT molecular complexity index is 722. The summed E-state index contributed by atoms with van der Waals surface area (Å²) < 4.78 is 5.74.